The molecule has 2 fully saturated rings. The highest BCUT2D eigenvalue weighted by Crippen LogP contribution is 2.41. The van der Waals surface area contributed by atoms with E-state index in [1.165, 1.54) is 12.8 Å². The van der Waals surface area contributed by atoms with Crippen molar-refractivity contribution in [2.24, 2.45) is 17.8 Å². The predicted octanol–water partition coefficient (Wildman–Crippen LogP) is 5.79. The Morgan fingerprint density at radius 3 is 2.35 bits per heavy atom. The molecule has 2 aliphatic rings. The number of hydrogen-bond donors (Lipinski definition) is 3. The molecule has 1 heterocycles. The molecule has 3 aromatic rings. The molecule has 0 spiro atoms. The molecule has 6 nitrogen and oxygen atoms in total. The van der Waals surface area contributed by atoms with Crippen molar-refractivity contribution < 1.29 is 5.11 Å². The quantitative estimate of drug-likeness (QED) is 0.363. The zero-order chi connectivity index (χ0) is 25.8. The third-order valence-corrected chi connectivity index (χ3v) is 8.59. The van der Waals surface area contributed by atoms with Crippen molar-refractivity contribution >= 4 is 22.7 Å². The first kappa shape index (κ1) is 25.9. The Morgan fingerprint density at radius 2 is 1.59 bits per heavy atom. The van der Waals surface area contributed by atoms with E-state index < -0.39 is 0 Å². The summed E-state index contributed by atoms with van der Waals surface area (Å²) in [5, 5.41) is 19.8. The zero-order valence-corrected chi connectivity index (χ0v) is 22.6. The van der Waals surface area contributed by atoms with Crippen molar-refractivity contribution in [2.45, 2.75) is 70.1 Å². The first-order chi connectivity index (χ1) is 18.0. The third-order valence-electron chi connectivity index (χ3n) is 8.59. The van der Waals surface area contributed by atoms with Crippen molar-refractivity contribution in [1.82, 2.24) is 15.3 Å². The van der Waals surface area contributed by atoms with Crippen LogP contribution in [0.4, 0.5) is 11.8 Å². The highest BCUT2D eigenvalue weighted by molar-refractivity contribution is 5.90. The first-order valence-corrected chi connectivity index (χ1v) is 14.1. The number of para-hydroxylation sites is 1. The van der Waals surface area contributed by atoms with Crippen LogP contribution in [0.15, 0.2) is 54.6 Å². The average Bonchev–Trinajstić information content (AvgIpc) is 2.92. The minimum Gasteiger partial charge on any atom is -0.388 e. The van der Waals surface area contributed by atoms with Crippen LogP contribution in [0.5, 0.6) is 0 Å². The van der Waals surface area contributed by atoms with Crippen molar-refractivity contribution in [2.75, 3.05) is 30.9 Å². The minimum absolute atomic E-state index is 0.333. The van der Waals surface area contributed by atoms with Gasteiger partial charge in [-0.25, -0.2) is 4.98 Å². The van der Waals surface area contributed by atoms with E-state index in [2.05, 4.69) is 46.7 Å². The van der Waals surface area contributed by atoms with Gasteiger partial charge in [0, 0.05) is 31.6 Å². The second kappa shape index (κ2) is 11.8. The number of hydrogen-bond acceptors (Lipinski definition) is 6. The van der Waals surface area contributed by atoms with Gasteiger partial charge < -0.3 is 20.6 Å². The van der Waals surface area contributed by atoms with Crippen LogP contribution in [0.3, 0.4) is 0 Å². The maximum absolute atomic E-state index is 11.2. The lowest BCUT2D eigenvalue weighted by molar-refractivity contribution is 0.0327. The van der Waals surface area contributed by atoms with Gasteiger partial charge >= 0.3 is 0 Å². The maximum Gasteiger partial charge on any atom is 0.225 e. The Labute approximate surface area is 221 Å². The summed E-state index contributed by atoms with van der Waals surface area (Å²) in [7, 11) is 4.07. The van der Waals surface area contributed by atoms with Gasteiger partial charge in [-0.3, -0.25) is 0 Å². The molecular weight excluding hydrogens is 458 g/mol. The Kier molecular flexibility index (Phi) is 8.26. The standard InChI is InChI=1S/C31H43N5O/c1-21-13-18-26(29(37)22-9-5-4-6-10-22)23(19-21)20-32-24-14-16-25(17-15-24)33-31-34-28-12-8-7-11-27(28)30(35-31)36(2)3/h4-12,21,23-26,29,32,37H,13-20H2,1-3H3,(H,33,34,35)/t21-,23-,24?,25?,26+,29?/m0/s1. The summed E-state index contributed by atoms with van der Waals surface area (Å²) in [5.74, 6) is 3.27. The summed E-state index contributed by atoms with van der Waals surface area (Å²) in [6.07, 6.45) is 7.69. The van der Waals surface area contributed by atoms with Crippen LogP contribution in [0.2, 0.25) is 0 Å². The van der Waals surface area contributed by atoms with Gasteiger partial charge in [-0.15, -0.1) is 0 Å². The Hall–Kier alpha value is -2.70. The van der Waals surface area contributed by atoms with Gasteiger partial charge in [0.1, 0.15) is 5.82 Å². The van der Waals surface area contributed by atoms with Crippen LogP contribution in [-0.4, -0.2) is 47.8 Å². The molecule has 0 amide bonds. The normalized spacial score (nSPS) is 27.1. The summed E-state index contributed by atoms with van der Waals surface area (Å²) in [4.78, 5) is 11.7. The number of aliphatic hydroxyl groups is 1. The lowest BCUT2D eigenvalue weighted by Crippen LogP contribution is -2.42. The lowest BCUT2D eigenvalue weighted by atomic mass is 9.71. The fraction of sp³-hybridized carbons (Fsp3) is 0.548. The number of nitrogens with zero attached hydrogens (tertiary/aromatic N) is 3. The molecule has 3 N–H and O–H groups in total. The average molecular weight is 502 g/mol. The Bertz CT molecular complexity index is 1140. The second-order valence-corrected chi connectivity index (χ2v) is 11.6. The van der Waals surface area contributed by atoms with Crippen LogP contribution >= 0.6 is 0 Å². The Morgan fingerprint density at radius 1 is 0.892 bits per heavy atom. The molecule has 1 aromatic heterocycles. The largest absolute Gasteiger partial charge is 0.388 e. The highest BCUT2D eigenvalue weighted by Gasteiger charge is 2.34. The first-order valence-electron chi connectivity index (χ1n) is 14.1. The molecule has 37 heavy (non-hydrogen) atoms. The molecule has 2 aromatic carbocycles. The molecule has 198 valence electrons. The highest BCUT2D eigenvalue weighted by atomic mass is 16.3. The third kappa shape index (κ3) is 6.24. The van der Waals surface area contributed by atoms with Crippen molar-refractivity contribution in [3.05, 3.63) is 60.2 Å². The molecule has 2 saturated carbocycles. The molecule has 0 aliphatic heterocycles. The lowest BCUT2D eigenvalue weighted by Gasteiger charge is -2.39. The number of rotatable bonds is 8. The number of fused-ring (bicyclic) bond motifs is 1. The number of aromatic nitrogens is 2. The van der Waals surface area contributed by atoms with Crippen molar-refractivity contribution in [3.8, 4) is 0 Å². The molecule has 1 unspecified atom stereocenters. The van der Waals surface area contributed by atoms with Crippen LogP contribution < -0.4 is 15.5 Å². The number of anilines is 2. The summed E-state index contributed by atoms with van der Waals surface area (Å²) in [5.41, 5.74) is 2.04. The van der Waals surface area contributed by atoms with E-state index in [1.54, 1.807) is 0 Å². The van der Waals surface area contributed by atoms with Crippen molar-refractivity contribution in [3.63, 3.8) is 0 Å². The van der Waals surface area contributed by atoms with E-state index in [0.717, 1.165) is 72.8 Å². The molecular formula is C31H43N5O. The van der Waals surface area contributed by atoms with Crippen LogP contribution in [0.1, 0.15) is 63.5 Å². The SMILES string of the molecule is C[C@H]1CC[C@@H](C(O)c2ccccc2)[C@H](CNC2CCC(Nc3nc(N(C)C)c4ccccc4n3)CC2)C1. The molecule has 2 aliphatic carbocycles. The van der Waals surface area contributed by atoms with Crippen molar-refractivity contribution in [1.29, 1.82) is 0 Å². The van der Waals surface area contributed by atoms with Gasteiger partial charge in [-0.2, -0.15) is 4.98 Å². The summed E-state index contributed by atoms with van der Waals surface area (Å²) in [6.45, 7) is 3.37. The van der Waals surface area contributed by atoms with Gasteiger partial charge in [-0.1, -0.05) is 55.8 Å². The second-order valence-electron chi connectivity index (χ2n) is 11.6. The summed E-state index contributed by atoms with van der Waals surface area (Å²) >= 11 is 0. The van der Waals surface area contributed by atoms with Gasteiger partial charge in [0.05, 0.1) is 11.6 Å². The van der Waals surface area contributed by atoms with E-state index in [1.807, 2.05) is 44.4 Å². The van der Waals surface area contributed by atoms with Gasteiger partial charge in [0.15, 0.2) is 0 Å². The number of benzene rings is 2. The van der Waals surface area contributed by atoms with Gasteiger partial charge in [0.2, 0.25) is 5.95 Å². The van der Waals surface area contributed by atoms with Gasteiger partial charge in [-0.05, 0) is 80.5 Å². The summed E-state index contributed by atoms with van der Waals surface area (Å²) < 4.78 is 0. The van der Waals surface area contributed by atoms with E-state index in [-0.39, 0.29) is 6.10 Å². The van der Waals surface area contributed by atoms with E-state index >= 15 is 0 Å². The fourth-order valence-electron chi connectivity index (χ4n) is 6.48. The molecule has 4 atom stereocenters. The molecule has 0 bridgehead atoms. The fourth-order valence-corrected chi connectivity index (χ4v) is 6.48. The monoisotopic (exact) mass is 501 g/mol. The summed E-state index contributed by atoms with van der Waals surface area (Å²) in [6, 6.07) is 19.4. The molecule has 0 radical (unpaired) electrons. The van der Waals surface area contributed by atoms with Crippen LogP contribution in [0.25, 0.3) is 10.9 Å². The molecule has 6 heteroatoms. The van der Waals surface area contributed by atoms with Crippen LogP contribution in [-0.2, 0) is 0 Å². The smallest absolute Gasteiger partial charge is 0.225 e. The topological polar surface area (TPSA) is 73.3 Å². The zero-order valence-electron chi connectivity index (χ0n) is 22.6. The van der Waals surface area contributed by atoms with Crippen LogP contribution in [0, 0.1) is 17.8 Å². The van der Waals surface area contributed by atoms with E-state index in [9.17, 15) is 5.11 Å². The molecule has 0 saturated heterocycles. The van der Waals surface area contributed by atoms with Gasteiger partial charge in [0.25, 0.3) is 0 Å². The van der Waals surface area contributed by atoms with E-state index in [0.29, 0.717) is 23.9 Å². The Balaban J connectivity index is 1.15. The number of aliphatic hydroxyl groups excluding tert-OH is 1. The maximum atomic E-state index is 11.2. The van der Waals surface area contributed by atoms with E-state index in [4.69, 9.17) is 9.97 Å². The molecule has 5 rings (SSSR count). The number of nitrogens with one attached hydrogen (secondary N) is 2. The predicted molar refractivity (Wildman–Crippen MR) is 153 cm³/mol. The minimum atomic E-state index is -0.366.